The van der Waals surface area contributed by atoms with Crippen molar-refractivity contribution in [3.63, 3.8) is 0 Å². The number of likely N-dealkylation sites (N-methyl/N-ethyl adjacent to an activating group) is 1. The quantitative estimate of drug-likeness (QED) is 0.422. The molecule has 12 heteroatoms. The van der Waals surface area contributed by atoms with Crippen LogP contribution in [0.1, 0.15) is 48.5 Å². The number of anilines is 1. The summed E-state index contributed by atoms with van der Waals surface area (Å²) in [6.45, 7) is 7.86. The molecule has 4 rings (SSSR count). The number of H-pyrrole nitrogens is 1. The van der Waals surface area contributed by atoms with Gasteiger partial charge in [0.2, 0.25) is 5.91 Å². The Morgan fingerprint density at radius 2 is 1.94 bits per heavy atom. The number of piperazine rings is 1. The zero-order chi connectivity index (χ0) is 23.4. The van der Waals surface area contributed by atoms with Gasteiger partial charge in [-0.25, -0.2) is 19.9 Å². The third-order valence-corrected chi connectivity index (χ3v) is 6.54. The maximum Gasteiger partial charge on any atom is 0.282 e. The van der Waals surface area contributed by atoms with Gasteiger partial charge in [0.1, 0.15) is 16.8 Å². The maximum atomic E-state index is 13.0. The highest BCUT2D eigenvalue weighted by atomic mass is 32.1. The number of fused-ring (bicyclic) bond motifs is 1. The van der Waals surface area contributed by atoms with E-state index in [2.05, 4.69) is 66.2 Å². The van der Waals surface area contributed by atoms with E-state index < -0.39 is 6.17 Å². The Morgan fingerprint density at radius 1 is 1.15 bits per heavy atom. The SMILES string of the molecule is CC(C)CCC(=O)NC(NC(=O)c1ncc(N2CCN(C)CC2)s1)c1nc2ncncc2[nH]1. The van der Waals surface area contributed by atoms with Crippen LogP contribution in [0.2, 0.25) is 0 Å². The van der Waals surface area contributed by atoms with Gasteiger partial charge in [0.05, 0.1) is 12.4 Å². The summed E-state index contributed by atoms with van der Waals surface area (Å²) in [5.74, 6) is 0.236. The first-order valence-corrected chi connectivity index (χ1v) is 11.9. The van der Waals surface area contributed by atoms with Crippen LogP contribution < -0.4 is 15.5 Å². The van der Waals surface area contributed by atoms with Crippen molar-refractivity contribution in [3.05, 3.63) is 29.6 Å². The molecular formula is C21H29N9O2S. The third-order valence-electron chi connectivity index (χ3n) is 5.49. The van der Waals surface area contributed by atoms with Crippen molar-refractivity contribution < 1.29 is 9.59 Å². The van der Waals surface area contributed by atoms with Crippen molar-refractivity contribution in [1.82, 2.24) is 40.5 Å². The van der Waals surface area contributed by atoms with Crippen molar-refractivity contribution in [1.29, 1.82) is 0 Å². The summed E-state index contributed by atoms with van der Waals surface area (Å²) in [5.41, 5.74) is 1.08. The fourth-order valence-corrected chi connectivity index (χ4v) is 4.35. The monoisotopic (exact) mass is 471 g/mol. The number of aromatic nitrogens is 5. The number of rotatable bonds is 8. The van der Waals surface area contributed by atoms with E-state index in [4.69, 9.17) is 0 Å². The van der Waals surface area contributed by atoms with Crippen LogP contribution in [-0.4, -0.2) is 74.9 Å². The van der Waals surface area contributed by atoms with Crippen LogP contribution in [0.3, 0.4) is 0 Å². The molecule has 1 fully saturated rings. The van der Waals surface area contributed by atoms with Gasteiger partial charge < -0.3 is 25.4 Å². The molecule has 176 valence electrons. The van der Waals surface area contributed by atoms with Crippen LogP contribution in [0.4, 0.5) is 5.00 Å². The summed E-state index contributed by atoms with van der Waals surface area (Å²) in [4.78, 5) is 50.0. The lowest BCUT2D eigenvalue weighted by Gasteiger charge is -2.32. The minimum atomic E-state index is -0.845. The molecular weight excluding hydrogens is 442 g/mol. The maximum absolute atomic E-state index is 13.0. The van der Waals surface area contributed by atoms with Gasteiger partial charge >= 0.3 is 0 Å². The molecule has 3 aromatic heterocycles. The summed E-state index contributed by atoms with van der Waals surface area (Å²) < 4.78 is 0. The lowest BCUT2D eigenvalue weighted by Crippen LogP contribution is -2.44. The Kier molecular flexibility index (Phi) is 7.14. The molecule has 1 saturated heterocycles. The molecule has 3 aromatic rings. The zero-order valence-corrected chi connectivity index (χ0v) is 19.9. The normalized spacial score (nSPS) is 15.7. The van der Waals surface area contributed by atoms with Crippen LogP contribution in [-0.2, 0) is 4.79 Å². The predicted octanol–water partition coefficient (Wildman–Crippen LogP) is 1.54. The number of nitrogens with one attached hydrogen (secondary N) is 3. The highest BCUT2D eigenvalue weighted by molar-refractivity contribution is 7.17. The van der Waals surface area contributed by atoms with Crippen LogP contribution in [0.5, 0.6) is 0 Å². The summed E-state index contributed by atoms with van der Waals surface area (Å²) in [6, 6.07) is 0. The van der Waals surface area contributed by atoms with Crippen molar-refractivity contribution in [2.45, 2.75) is 32.9 Å². The number of carbonyl (C=O) groups is 2. The molecule has 2 amide bonds. The second-order valence-electron chi connectivity index (χ2n) is 8.58. The van der Waals surface area contributed by atoms with Gasteiger partial charge in [0.15, 0.2) is 22.6 Å². The van der Waals surface area contributed by atoms with Gasteiger partial charge in [-0.3, -0.25) is 9.59 Å². The van der Waals surface area contributed by atoms with Gasteiger partial charge in [-0.15, -0.1) is 0 Å². The van der Waals surface area contributed by atoms with E-state index in [0.29, 0.717) is 34.3 Å². The molecule has 33 heavy (non-hydrogen) atoms. The van der Waals surface area contributed by atoms with Gasteiger partial charge in [-0.2, -0.15) is 0 Å². The summed E-state index contributed by atoms with van der Waals surface area (Å²) >= 11 is 1.34. The highest BCUT2D eigenvalue weighted by Gasteiger charge is 2.24. The zero-order valence-electron chi connectivity index (χ0n) is 19.0. The number of hydrogen-bond acceptors (Lipinski definition) is 9. The second-order valence-corrected chi connectivity index (χ2v) is 9.59. The molecule has 1 unspecified atom stereocenters. The van der Waals surface area contributed by atoms with Crippen LogP contribution in [0, 0.1) is 5.92 Å². The molecule has 0 radical (unpaired) electrons. The number of thiazole rings is 1. The number of aromatic amines is 1. The van der Waals surface area contributed by atoms with Crippen molar-refractivity contribution in [2.75, 3.05) is 38.1 Å². The molecule has 1 aliphatic rings. The number of carbonyl (C=O) groups excluding carboxylic acids is 2. The summed E-state index contributed by atoms with van der Waals surface area (Å²) in [6.07, 6.45) is 4.99. The van der Waals surface area contributed by atoms with E-state index in [1.807, 2.05) is 0 Å². The number of imidazole rings is 1. The van der Waals surface area contributed by atoms with Crippen molar-refractivity contribution in [3.8, 4) is 0 Å². The molecule has 3 N–H and O–H groups in total. The van der Waals surface area contributed by atoms with Crippen molar-refractivity contribution >= 4 is 39.3 Å². The molecule has 1 atom stereocenters. The first-order valence-electron chi connectivity index (χ1n) is 11.0. The molecule has 11 nitrogen and oxygen atoms in total. The lowest BCUT2D eigenvalue weighted by atomic mass is 10.1. The number of amides is 2. The standard InChI is InChI=1S/C21H29N9O2S/c1-13(2)4-5-15(31)26-19(18-25-14-10-22-12-24-17(14)27-18)28-20(32)21-23-11-16(33-21)30-8-6-29(3)7-9-30/h10-13,19H,4-9H2,1-3H3,(H,26,31)(H,28,32)(H,22,24,25,27). The van der Waals surface area contributed by atoms with Gasteiger partial charge in [-0.1, -0.05) is 25.2 Å². The van der Waals surface area contributed by atoms with Crippen LogP contribution >= 0.6 is 11.3 Å². The van der Waals surface area contributed by atoms with E-state index in [9.17, 15) is 9.59 Å². The fourth-order valence-electron chi connectivity index (χ4n) is 3.48. The molecule has 1 aliphatic heterocycles. The average molecular weight is 472 g/mol. The van der Waals surface area contributed by atoms with Gasteiger partial charge in [-0.05, 0) is 19.4 Å². The predicted molar refractivity (Wildman–Crippen MR) is 126 cm³/mol. The Labute approximate surface area is 196 Å². The summed E-state index contributed by atoms with van der Waals surface area (Å²) in [7, 11) is 2.10. The van der Waals surface area contributed by atoms with E-state index in [1.54, 1.807) is 12.4 Å². The van der Waals surface area contributed by atoms with Gasteiger partial charge in [0.25, 0.3) is 5.91 Å². The number of nitrogens with zero attached hydrogens (tertiary/aromatic N) is 6. The Bertz CT molecular complexity index is 1070. The van der Waals surface area contributed by atoms with E-state index >= 15 is 0 Å². The minimum Gasteiger partial charge on any atom is -0.360 e. The Hall–Kier alpha value is -3.12. The Morgan fingerprint density at radius 3 is 2.67 bits per heavy atom. The molecule has 0 spiro atoms. The largest absolute Gasteiger partial charge is 0.360 e. The fraction of sp³-hybridized carbons (Fsp3) is 0.524. The van der Waals surface area contributed by atoms with Gasteiger partial charge in [0, 0.05) is 32.6 Å². The summed E-state index contributed by atoms with van der Waals surface area (Å²) in [5, 5.41) is 7.03. The van der Waals surface area contributed by atoms with Crippen LogP contribution in [0.25, 0.3) is 11.2 Å². The topological polar surface area (TPSA) is 132 Å². The lowest BCUT2D eigenvalue weighted by molar-refractivity contribution is -0.122. The minimum absolute atomic E-state index is 0.169. The molecule has 0 aromatic carbocycles. The average Bonchev–Trinajstić information content (AvgIpc) is 3.45. The smallest absolute Gasteiger partial charge is 0.282 e. The Balaban J connectivity index is 1.49. The first-order chi connectivity index (χ1) is 15.9. The van der Waals surface area contributed by atoms with E-state index in [1.165, 1.54) is 17.7 Å². The van der Waals surface area contributed by atoms with Crippen LogP contribution in [0.15, 0.2) is 18.7 Å². The number of hydrogen-bond donors (Lipinski definition) is 3. The molecule has 0 bridgehead atoms. The van der Waals surface area contributed by atoms with E-state index in [-0.39, 0.29) is 11.8 Å². The van der Waals surface area contributed by atoms with E-state index in [0.717, 1.165) is 37.6 Å². The molecule has 0 aliphatic carbocycles. The molecule has 4 heterocycles. The first kappa shape index (κ1) is 23.1. The second kappa shape index (κ2) is 10.2. The van der Waals surface area contributed by atoms with Crippen molar-refractivity contribution in [2.24, 2.45) is 5.92 Å². The highest BCUT2D eigenvalue weighted by Crippen LogP contribution is 2.25. The third kappa shape index (κ3) is 5.82. The molecule has 0 saturated carbocycles.